The Morgan fingerprint density at radius 2 is 1.56 bits per heavy atom. The zero-order chi connectivity index (χ0) is 12.1. The van der Waals surface area contributed by atoms with Crippen LogP contribution in [0, 0.1) is 0 Å². The van der Waals surface area contributed by atoms with E-state index >= 15 is 0 Å². The van der Waals surface area contributed by atoms with Gasteiger partial charge in [-0.25, -0.2) is 0 Å². The maximum absolute atomic E-state index is 12.3. The van der Waals surface area contributed by atoms with Crippen molar-refractivity contribution in [3.63, 3.8) is 0 Å². The molecule has 1 rings (SSSR count). The van der Waals surface area contributed by atoms with Gasteiger partial charge in [-0.3, -0.25) is 0 Å². The van der Waals surface area contributed by atoms with E-state index < -0.39 is 7.95 Å². The molecule has 0 aliphatic carbocycles. The summed E-state index contributed by atoms with van der Waals surface area (Å²) < 4.78 is 14.4. The molecule has 0 bridgehead atoms. The fraction of sp³-hybridized carbons (Fsp3) is 0.538. The zero-order valence-electron chi connectivity index (χ0n) is 10.6. The smallest absolute Gasteiger partial charge is 0.0915 e. The van der Waals surface area contributed by atoms with Crippen molar-refractivity contribution in [2.75, 3.05) is 0 Å². The van der Waals surface area contributed by atoms with Gasteiger partial charge in [0.2, 0.25) is 0 Å². The lowest BCUT2D eigenvalue weighted by Gasteiger charge is -2.19. The van der Waals surface area contributed by atoms with Gasteiger partial charge in [-0.2, -0.15) is 0 Å². The first kappa shape index (κ1) is 13.3. The van der Waals surface area contributed by atoms with E-state index in [1.807, 2.05) is 30.3 Å². The van der Waals surface area contributed by atoms with Gasteiger partial charge in [-0.05, 0) is 32.3 Å². The van der Waals surface area contributed by atoms with Crippen molar-refractivity contribution in [1.82, 2.24) is 4.67 Å². The normalized spacial score (nSPS) is 12.6. The van der Waals surface area contributed by atoms with Gasteiger partial charge in [0.05, 0.1) is 0 Å². The summed E-state index contributed by atoms with van der Waals surface area (Å²) in [7, 11) is -1.32. The van der Waals surface area contributed by atoms with Gasteiger partial charge in [0.15, 0.2) is 6.16 Å². The molecule has 88 valence electrons. The molecule has 1 aromatic rings. The van der Waals surface area contributed by atoms with Crippen LogP contribution in [0.4, 0.5) is 0 Å². The molecule has 0 aromatic heterocycles. The summed E-state index contributed by atoms with van der Waals surface area (Å²) in [6.07, 6.45) is 0.645. The standard InChI is InChI=1S/C13H21NOP/c1-11(2)14(12(3)4)16(15)10-13-8-6-5-7-9-13/h5-9,11-12H,10H2,1-4H3/q+1. The Hall–Kier alpha value is -0.720. The Kier molecular flexibility index (Phi) is 5.11. The Morgan fingerprint density at radius 3 is 2.00 bits per heavy atom. The molecule has 0 amide bonds. The van der Waals surface area contributed by atoms with Crippen molar-refractivity contribution in [3.05, 3.63) is 35.9 Å². The second kappa shape index (κ2) is 6.12. The molecule has 2 nitrogen and oxygen atoms in total. The molecule has 1 aromatic carbocycles. The Labute approximate surface area is 99.5 Å². The van der Waals surface area contributed by atoms with Crippen molar-refractivity contribution < 1.29 is 4.57 Å². The average molecular weight is 238 g/mol. The van der Waals surface area contributed by atoms with E-state index in [2.05, 4.69) is 32.4 Å². The van der Waals surface area contributed by atoms with Gasteiger partial charge in [0, 0.05) is 17.6 Å². The van der Waals surface area contributed by atoms with Crippen LogP contribution in [0.25, 0.3) is 0 Å². The van der Waals surface area contributed by atoms with Gasteiger partial charge >= 0.3 is 7.95 Å². The van der Waals surface area contributed by atoms with E-state index in [0.717, 1.165) is 5.56 Å². The van der Waals surface area contributed by atoms with Crippen molar-refractivity contribution in [3.8, 4) is 0 Å². The van der Waals surface area contributed by atoms with Gasteiger partial charge in [-0.1, -0.05) is 35.0 Å². The number of nitrogens with zero attached hydrogens (tertiary/aromatic N) is 1. The van der Waals surface area contributed by atoms with E-state index in [1.54, 1.807) is 0 Å². The van der Waals surface area contributed by atoms with E-state index in [-0.39, 0.29) is 0 Å². The van der Waals surface area contributed by atoms with Gasteiger partial charge in [0.1, 0.15) is 0 Å². The van der Waals surface area contributed by atoms with Crippen LogP contribution in [0.1, 0.15) is 33.3 Å². The fourth-order valence-corrected chi connectivity index (χ4v) is 3.65. The quantitative estimate of drug-likeness (QED) is 0.721. The Morgan fingerprint density at radius 1 is 1.06 bits per heavy atom. The second-order valence-corrected chi connectivity index (χ2v) is 6.05. The summed E-state index contributed by atoms with van der Waals surface area (Å²) in [6, 6.07) is 10.7. The molecule has 0 radical (unpaired) electrons. The highest BCUT2D eigenvalue weighted by Crippen LogP contribution is 2.35. The van der Waals surface area contributed by atoms with E-state index in [0.29, 0.717) is 18.2 Å². The topological polar surface area (TPSA) is 20.3 Å². The van der Waals surface area contributed by atoms with Crippen LogP contribution in [-0.4, -0.2) is 16.8 Å². The summed E-state index contributed by atoms with van der Waals surface area (Å²) in [6.45, 7) is 8.38. The highest BCUT2D eigenvalue weighted by molar-refractivity contribution is 7.41. The van der Waals surface area contributed by atoms with Crippen molar-refractivity contribution in [2.45, 2.75) is 45.9 Å². The van der Waals surface area contributed by atoms with Crippen LogP contribution < -0.4 is 0 Å². The zero-order valence-corrected chi connectivity index (χ0v) is 11.4. The molecule has 0 fully saturated rings. The molecule has 16 heavy (non-hydrogen) atoms. The molecule has 0 saturated carbocycles. The maximum Gasteiger partial charge on any atom is 0.440 e. The summed E-state index contributed by atoms with van der Waals surface area (Å²) in [5, 5.41) is 0. The van der Waals surface area contributed by atoms with Crippen molar-refractivity contribution in [1.29, 1.82) is 0 Å². The lowest BCUT2D eigenvalue weighted by Crippen LogP contribution is -2.30. The molecule has 0 aliphatic heterocycles. The third-order valence-corrected chi connectivity index (χ3v) is 4.55. The number of hydrogen-bond acceptors (Lipinski definition) is 1. The lowest BCUT2D eigenvalue weighted by molar-refractivity contribution is 0.308. The van der Waals surface area contributed by atoms with Gasteiger partial charge in [0.25, 0.3) is 0 Å². The van der Waals surface area contributed by atoms with Crippen LogP contribution in [0.5, 0.6) is 0 Å². The molecule has 1 unspecified atom stereocenters. The second-order valence-electron chi connectivity index (χ2n) is 4.56. The lowest BCUT2D eigenvalue weighted by atomic mass is 10.2. The van der Waals surface area contributed by atoms with Crippen molar-refractivity contribution >= 4 is 7.95 Å². The third-order valence-electron chi connectivity index (χ3n) is 2.48. The van der Waals surface area contributed by atoms with E-state index in [4.69, 9.17) is 0 Å². The first-order valence-corrected chi connectivity index (χ1v) is 7.19. The van der Waals surface area contributed by atoms with Gasteiger partial charge in [-0.15, -0.1) is 0 Å². The summed E-state index contributed by atoms with van der Waals surface area (Å²) in [4.78, 5) is 0. The minimum atomic E-state index is -1.32. The van der Waals surface area contributed by atoms with E-state index in [9.17, 15) is 4.57 Å². The van der Waals surface area contributed by atoms with Crippen LogP contribution >= 0.6 is 7.95 Å². The van der Waals surface area contributed by atoms with Crippen LogP contribution in [0.2, 0.25) is 0 Å². The fourth-order valence-electron chi connectivity index (χ4n) is 1.93. The summed E-state index contributed by atoms with van der Waals surface area (Å²) in [5.41, 5.74) is 1.15. The third kappa shape index (κ3) is 3.70. The molecule has 0 N–H and O–H groups in total. The Bertz CT molecular complexity index is 327. The van der Waals surface area contributed by atoms with Crippen LogP contribution in [-0.2, 0) is 10.7 Å². The number of hydrogen-bond donors (Lipinski definition) is 0. The highest BCUT2D eigenvalue weighted by atomic mass is 31.1. The predicted octanol–water partition coefficient (Wildman–Crippen LogP) is 4.05. The number of rotatable bonds is 5. The maximum atomic E-state index is 12.3. The molecule has 3 heteroatoms. The minimum absolute atomic E-state index is 0.326. The largest absolute Gasteiger partial charge is 0.440 e. The molecule has 0 heterocycles. The number of benzene rings is 1. The summed E-state index contributed by atoms with van der Waals surface area (Å²) in [5.74, 6) is 0. The Balaban J connectivity index is 2.70. The summed E-state index contributed by atoms with van der Waals surface area (Å²) >= 11 is 0. The van der Waals surface area contributed by atoms with Crippen LogP contribution in [0.15, 0.2) is 30.3 Å². The first-order valence-electron chi connectivity index (χ1n) is 5.79. The van der Waals surface area contributed by atoms with Crippen LogP contribution in [0.3, 0.4) is 0 Å². The van der Waals surface area contributed by atoms with Gasteiger partial charge < -0.3 is 0 Å². The van der Waals surface area contributed by atoms with E-state index in [1.165, 1.54) is 0 Å². The first-order chi connectivity index (χ1) is 7.52. The molecule has 0 aliphatic rings. The molecule has 1 atom stereocenters. The average Bonchev–Trinajstić information content (AvgIpc) is 2.17. The molecule has 0 saturated heterocycles. The molecule has 0 spiro atoms. The molecular weight excluding hydrogens is 217 g/mol. The van der Waals surface area contributed by atoms with Crippen molar-refractivity contribution in [2.24, 2.45) is 0 Å². The highest BCUT2D eigenvalue weighted by Gasteiger charge is 2.32. The monoisotopic (exact) mass is 238 g/mol. The molecular formula is C13H21NOP+. The minimum Gasteiger partial charge on any atom is -0.0915 e. The SMILES string of the molecule is CC(C)N(C(C)C)[P+](=O)Cc1ccccc1. The predicted molar refractivity (Wildman–Crippen MR) is 69.9 cm³/mol.